The maximum Gasteiger partial charge on any atom is 0.157 e. The quantitative estimate of drug-likeness (QED) is 0.846. The standard InChI is InChI=1S/C20H25N7/c1-15-18(16-6-5-8-21-11-16)13-25-27(15)20-10-19(23-14-24-20)22-12-17-7-3-4-9-26(17)2/h5-6,8,10-11,13-14,17,25H,1,3-4,7,9,12H2,2H3,(H,22,23,24). The summed E-state index contributed by atoms with van der Waals surface area (Å²) in [6.07, 6.45) is 10.9. The minimum absolute atomic E-state index is 0.552. The fraction of sp³-hybridized carbons (Fsp3) is 0.350. The van der Waals surface area contributed by atoms with E-state index in [1.165, 1.54) is 25.8 Å². The van der Waals surface area contributed by atoms with Gasteiger partial charge in [0.2, 0.25) is 0 Å². The van der Waals surface area contributed by atoms with Gasteiger partial charge in [-0.3, -0.25) is 10.4 Å². The molecule has 0 aliphatic carbocycles. The number of piperidine rings is 1. The Kier molecular flexibility index (Phi) is 5.02. The fourth-order valence-corrected chi connectivity index (χ4v) is 3.58. The lowest BCUT2D eigenvalue weighted by Crippen LogP contribution is -2.40. The van der Waals surface area contributed by atoms with Crippen molar-refractivity contribution < 1.29 is 0 Å². The van der Waals surface area contributed by atoms with Crippen LogP contribution in [0, 0.1) is 0 Å². The van der Waals surface area contributed by atoms with Gasteiger partial charge in [-0.2, -0.15) is 0 Å². The first-order valence-corrected chi connectivity index (χ1v) is 9.34. The monoisotopic (exact) mass is 363 g/mol. The highest BCUT2D eigenvalue weighted by atomic mass is 15.5. The number of anilines is 2. The van der Waals surface area contributed by atoms with Crippen LogP contribution in [0.3, 0.4) is 0 Å². The first-order valence-electron chi connectivity index (χ1n) is 9.34. The van der Waals surface area contributed by atoms with E-state index in [0.717, 1.165) is 35.0 Å². The maximum absolute atomic E-state index is 4.40. The van der Waals surface area contributed by atoms with E-state index in [2.05, 4.69) is 44.2 Å². The molecule has 2 aromatic heterocycles. The number of aromatic nitrogens is 3. The summed E-state index contributed by atoms with van der Waals surface area (Å²) >= 11 is 0. The normalized spacial score (nSPS) is 20.3. The molecule has 140 valence electrons. The highest BCUT2D eigenvalue weighted by Crippen LogP contribution is 2.30. The van der Waals surface area contributed by atoms with Crippen molar-refractivity contribution in [2.24, 2.45) is 0 Å². The Labute approximate surface area is 159 Å². The minimum atomic E-state index is 0.552. The number of likely N-dealkylation sites (tertiary alicyclic amines) is 1. The van der Waals surface area contributed by atoms with Crippen molar-refractivity contribution in [3.63, 3.8) is 0 Å². The second-order valence-electron chi connectivity index (χ2n) is 6.98. The molecule has 0 spiro atoms. The van der Waals surface area contributed by atoms with Gasteiger partial charge in [0.15, 0.2) is 5.82 Å². The number of allylic oxidation sites excluding steroid dienone is 1. The van der Waals surface area contributed by atoms with Crippen LogP contribution in [-0.2, 0) is 0 Å². The van der Waals surface area contributed by atoms with Gasteiger partial charge in [-0.25, -0.2) is 15.0 Å². The average molecular weight is 363 g/mol. The van der Waals surface area contributed by atoms with Crippen molar-refractivity contribution in [2.75, 3.05) is 30.5 Å². The van der Waals surface area contributed by atoms with Gasteiger partial charge < -0.3 is 10.2 Å². The molecular formula is C20H25N7. The third kappa shape index (κ3) is 3.78. The lowest BCUT2D eigenvalue weighted by molar-refractivity contribution is 0.194. The van der Waals surface area contributed by atoms with Gasteiger partial charge in [0.25, 0.3) is 0 Å². The van der Waals surface area contributed by atoms with Gasteiger partial charge in [-0.1, -0.05) is 19.1 Å². The molecule has 27 heavy (non-hydrogen) atoms. The Bertz CT molecular complexity index is 833. The van der Waals surface area contributed by atoms with Crippen molar-refractivity contribution in [1.82, 2.24) is 25.3 Å². The largest absolute Gasteiger partial charge is 0.368 e. The second kappa shape index (κ2) is 7.75. The molecule has 2 aliphatic rings. The first-order chi connectivity index (χ1) is 13.2. The molecule has 7 nitrogen and oxygen atoms in total. The molecule has 0 aromatic carbocycles. The molecule has 2 N–H and O–H groups in total. The number of hydrazine groups is 1. The van der Waals surface area contributed by atoms with E-state index < -0.39 is 0 Å². The van der Waals surface area contributed by atoms with Crippen LogP contribution >= 0.6 is 0 Å². The van der Waals surface area contributed by atoms with Gasteiger partial charge in [0.1, 0.15) is 12.1 Å². The lowest BCUT2D eigenvalue weighted by Gasteiger charge is -2.32. The molecule has 2 aliphatic heterocycles. The van der Waals surface area contributed by atoms with Crippen LogP contribution in [0.4, 0.5) is 11.6 Å². The summed E-state index contributed by atoms with van der Waals surface area (Å²) in [4.78, 5) is 15.4. The first kappa shape index (κ1) is 17.5. The van der Waals surface area contributed by atoms with Crippen molar-refractivity contribution in [1.29, 1.82) is 0 Å². The van der Waals surface area contributed by atoms with Crippen LogP contribution in [0.1, 0.15) is 24.8 Å². The summed E-state index contributed by atoms with van der Waals surface area (Å²) in [5, 5.41) is 5.33. The Morgan fingerprint density at radius 2 is 2.26 bits per heavy atom. The molecule has 0 saturated carbocycles. The van der Waals surface area contributed by atoms with Crippen LogP contribution in [0.2, 0.25) is 0 Å². The molecule has 4 rings (SSSR count). The number of hydrogen-bond acceptors (Lipinski definition) is 7. The maximum atomic E-state index is 4.40. The molecular weight excluding hydrogens is 338 g/mol. The Hall–Kier alpha value is -2.93. The molecule has 0 radical (unpaired) electrons. The van der Waals surface area contributed by atoms with E-state index in [4.69, 9.17) is 0 Å². The molecule has 4 heterocycles. The van der Waals surface area contributed by atoms with Crippen molar-refractivity contribution >= 4 is 17.2 Å². The number of likely N-dealkylation sites (N-methyl/N-ethyl adjacent to an activating group) is 1. The predicted molar refractivity (Wildman–Crippen MR) is 108 cm³/mol. The van der Waals surface area contributed by atoms with Gasteiger partial charge in [0, 0.05) is 48.4 Å². The second-order valence-corrected chi connectivity index (χ2v) is 6.98. The lowest BCUT2D eigenvalue weighted by atomic mass is 10.0. The van der Waals surface area contributed by atoms with Crippen LogP contribution < -0.4 is 15.8 Å². The Morgan fingerprint density at radius 3 is 3.07 bits per heavy atom. The fourth-order valence-electron chi connectivity index (χ4n) is 3.58. The van der Waals surface area contributed by atoms with Crippen LogP contribution in [0.25, 0.3) is 5.57 Å². The number of nitrogens with zero attached hydrogens (tertiary/aromatic N) is 5. The minimum Gasteiger partial charge on any atom is -0.368 e. The summed E-state index contributed by atoms with van der Waals surface area (Å²) in [6, 6.07) is 6.43. The van der Waals surface area contributed by atoms with E-state index in [1.807, 2.05) is 35.6 Å². The zero-order valence-corrected chi connectivity index (χ0v) is 15.6. The third-order valence-corrected chi connectivity index (χ3v) is 5.21. The van der Waals surface area contributed by atoms with Crippen molar-refractivity contribution in [3.05, 3.63) is 61.0 Å². The summed E-state index contributed by atoms with van der Waals surface area (Å²) in [6.45, 7) is 6.27. The number of pyridine rings is 1. The van der Waals surface area contributed by atoms with E-state index in [1.54, 1.807) is 12.5 Å². The van der Waals surface area contributed by atoms with Gasteiger partial charge in [-0.15, -0.1) is 0 Å². The molecule has 1 atom stereocenters. The van der Waals surface area contributed by atoms with Crippen LogP contribution in [0.5, 0.6) is 0 Å². The van der Waals surface area contributed by atoms with Crippen molar-refractivity contribution in [3.8, 4) is 0 Å². The highest BCUT2D eigenvalue weighted by Gasteiger charge is 2.23. The van der Waals surface area contributed by atoms with E-state index in [9.17, 15) is 0 Å². The molecule has 2 aromatic rings. The molecule has 1 fully saturated rings. The molecule has 0 bridgehead atoms. The zero-order valence-electron chi connectivity index (χ0n) is 15.6. The van der Waals surface area contributed by atoms with E-state index in [0.29, 0.717) is 6.04 Å². The number of hydrogen-bond donors (Lipinski definition) is 2. The van der Waals surface area contributed by atoms with Gasteiger partial charge in [-0.05, 0) is 32.5 Å². The summed E-state index contributed by atoms with van der Waals surface area (Å²) in [5.41, 5.74) is 6.08. The smallest absolute Gasteiger partial charge is 0.157 e. The molecule has 0 amide bonds. The predicted octanol–water partition coefficient (Wildman–Crippen LogP) is 2.65. The Balaban J connectivity index is 1.43. The highest BCUT2D eigenvalue weighted by molar-refractivity contribution is 5.84. The molecule has 7 heteroatoms. The third-order valence-electron chi connectivity index (χ3n) is 5.21. The summed E-state index contributed by atoms with van der Waals surface area (Å²) in [5.74, 6) is 1.58. The number of nitrogens with one attached hydrogen (secondary N) is 2. The van der Waals surface area contributed by atoms with Crippen LogP contribution in [0.15, 0.2) is 55.4 Å². The van der Waals surface area contributed by atoms with Crippen molar-refractivity contribution in [2.45, 2.75) is 25.3 Å². The Morgan fingerprint density at radius 1 is 1.33 bits per heavy atom. The van der Waals surface area contributed by atoms with Gasteiger partial charge in [0.05, 0.1) is 5.70 Å². The van der Waals surface area contributed by atoms with E-state index >= 15 is 0 Å². The SMILES string of the molecule is C=C1C(c2cccnc2)=CNN1c1cc(NCC2CCCCN2C)ncn1. The number of rotatable bonds is 5. The average Bonchev–Trinajstić information content (AvgIpc) is 3.10. The van der Waals surface area contributed by atoms with Gasteiger partial charge >= 0.3 is 0 Å². The van der Waals surface area contributed by atoms with E-state index in [-0.39, 0.29) is 0 Å². The zero-order chi connectivity index (χ0) is 18.6. The summed E-state index contributed by atoms with van der Waals surface area (Å²) in [7, 11) is 2.20. The molecule has 1 unspecified atom stereocenters. The molecule has 1 saturated heterocycles. The topological polar surface area (TPSA) is 69.2 Å². The summed E-state index contributed by atoms with van der Waals surface area (Å²) < 4.78 is 0. The van der Waals surface area contributed by atoms with Crippen LogP contribution in [-0.4, -0.2) is 46.0 Å².